The van der Waals surface area contributed by atoms with E-state index in [1.807, 2.05) is 0 Å². The molecule has 0 radical (unpaired) electrons. The minimum atomic E-state index is -3.92. The standard InChI is InChI=1S/C23H29N3O6S/c1-23(2,3)32-22(29)19(14-16-8-10-17(27)11-9-16)25-21(28)20-7-5-13-26(20)33(30,31)18-6-4-12-24-15-18/h4,6,8-12,15,19-20,27H,5,7,13-14H2,1-3H3,(H,25,28)/t19-,20-/m0/s1. The van der Waals surface area contributed by atoms with E-state index in [1.54, 1.807) is 32.9 Å². The number of carbonyl (C=O) groups is 2. The third-order valence-electron chi connectivity index (χ3n) is 5.13. The first-order valence-corrected chi connectivity index (χ1v) is 12.1. The van der Waals surface area contributed by atoms with E-state index in [0.29, 0.717) is 18.4 Å². The number of nitrogens with zero attached hydrogens (tertiary/aromatic N) is 2. The molecule has 1 aromatic heterocycles. The fourth-order valence-electron chi connectivity index (χ4n) is 3.63. The van der Waals surface area contributed by atoms with Gasteiger partial charge < -0.3 is 15.2 Å². The zero-order chi connectivity index (χ0) is 24.2. The van der Waals surface area contributed by atoms with Gasteiger partial charge in [-0.3, -0.25) is 9.78 Å². The predicted molar refractivity (Wildman–Crippen MR) is 121 cm³/mol. The molecule has 1 fully saturated rings. The monoisotopic (exact) mass is 475 g/mol. The zero-order valence-electron chi connectivity index (χ0n) is 18.9. The van der Waals surface area contributed by atoms with E-state index in [0.717, 1.165) is 4.31 Å². The first kappa shape index (κ1) is 24.7. The lowest BCUT2D eigenvalue weighted by Gasteiger charge is -2.27. The second kappa shape index (κ2) is 9.88. The molecule has 0 aliphatic carbocycles. The molecule has 33 heavy (non-hydrogen) atoms. The molecular weight excluding hydrogens is 446 g/mol. The Morgan fingerprint density at radius 3 is 2.55 bits per heavy atom. The molecule has 1 aromatic carbocycles. The largest absolute Gasteiger partial charge is 0.508 e. The normalized spacial score (nSPS) is 18.0. The molecule has 1 saturated heterocycles. The van der Waals surface area contributed by atoms with Gasteiger partial charge in [-0.05, 0) is 63.4 Å². The van der Waals surface area contributed by atoms with Gasteiger partial charge in [0.15, 0.2) is 0 Å². The number of benzene rings is 1. The van der Waals surface area contributed by atoms with Crippen LogP contribution in [0.3, 0.4) is 0 Å². The number of phenols is 1. The van der Waals surface area contributed by atoms with Crippen LogP contribution in [0.5, 0.6) is 5.75 Å². The van der Waals surface area contributed by atoms with Crippen LogP contribution in [0.2, 0.25) is 0 Å². The van der Waals surface area contributed by atoms with Crippen molar-refractivity contribution in [1.29, 1.82) is 0 Å². The number of hydrogen-bond acceptors (Lipinski definition) is 7. The lowest BCUT2D eigenvalue weighted by Crippen LogP contribution is -2.52. The third kappa shape index (κ3) is 6.29. The molecule has 0 unspecified atom stereocenters. The number of nitrogens with one attached hydrogen (secondary N) is 1. The molecule has 1 aliphatic rings. The van der Waals surface area contributed by atoms with E-state index < -0.39 is 39.6 Å². The van der Waals surface area contributed by atoms with Crippen molar-refractivity contribution < 1.29 is 27.9 Å². The number of phenolic OH excluding ortho intramolecular Hbond substituents is 1. The van der Waals surface area contributed by atoms with Gasteiger partial charge in [0.25, 0.3) is 0 Å². The Balaban J connectivity index is 1.81. The Morgan fingerprint density at radius 1 is 1.24 bits per heavy atom. The molecule has 0 spiro atoms. The summed E-state index contributed by atoms with van der Waals surface area (Å²) in [4.78, 5) is 29.9. The average molecular weight is 476 g/mol. The maximum Gasteiger partial charge on any atom is 0.329 e. The molecule has 0 bridgehead atoms. The molecule has 0 saturated carbocycles. The summed E-state index contributed by atoms with van der Waals surface area (Å²) in [5, 5.41) is 12.2. The molecule has 9 nitrogen and oxygen atoms in total. The highest BCUT2D eigenvalue weighted by atomic mass is 32.2. The lowest BCUT2D eigenvalue weighted by atomic mass is 10.0. The maximum atomic E-state index is 13.2. The summed E-state index contributed by atoms with van der Waals surface area (Å²) in [7, 11) is -3.92. The van der Waals surface area contributed by atoms with Crippen LogP contribution in [-0.4, -0.2) is 58.9 Å². The Morgan fingerprint density at radius 2 is 1.94 bits per heavy atom. The van der Waals surface area contributed by atoms with E-state index in [4.69, 9.17) is 4.74 Å². The number of esters is 1. The number of amides is 1. The first-order chi connectivity index (χ1) is 15.5. The number of rotatable bonds is 7. The van der Waals surface area contributed by atoms with Gasteiger partial charge in [0, 0.05) is 25.4 Å². The molecule has 178 valence electrons. The minimum absolute atomic E-state index is 0.0116. The summed E-state index contributed by atoms with van der Waals surface area (Å²) in [6, 6.07) is 7.26. The Bertz CT molecular complexity index is 1080. The maximum absolute atomic E-state index is 13.2. The molecule has 2 N–H and O–H groups in total. The summed E-state index contributed by atoms with van der Waals surface area (Å²) in [5.74, 6) is -1.10. The SMILES string of the molecule is CC(C)(C)OC(=O)[C@H](Cc1ccc(O)cc1)NC(=O)[C@@H]1CCCN1S(=O)(=O)c1cccnc1. The Labute approximate surface area is 193 Å². The summed E-state index contributed by atoms with van der Waals surface area (Å²) in [5.41, 5.74) is -0.0619. The molecule has 2 aromatic rings. The molecule has 2 heterocycles. The van der Waals surface area contributed by atoms with Crippen molar-refractivity contribution in [2.24, 2.45) is 0 Å². The number of carbonyl (C=O) groups excluding carboxylic acids is 2. The first-order valence-electron chi connectivity index (χ1n) is 10.7. The highest BCUT2D eigenvalue weighted by molar-refractivity contribution is 7.89. The highest BCUT2D eigenvalue weighted by Gasteiger charge is 2.41. The van der Waals surface area contributed by atoms with Crippen LogP contribution in [0.4, 0.5) is 0 Å². The minimum Gasteiger partial charge on any atom is -0.508 e. The van der Waals surface area contributed by atoms with Crippen LogP contribution < -0.4 is 5.32 Å². The van der Waals surface area contributed by atoms with Crippen molar-refractivity contribution in [3.8, 4) is 5.75 Å². The van der Waals surface area contributed by atoms with Crippen molar-refractivity contribution in [1.82, 2.24) is 14.6 Å². The van der Waals surface area contributed by atoms with Crippen LogP contribution in [0.25, 0.3) is 0 Å². The third-order valence-corrected chi connectivity index (χ3v) is 7.02. The zero-order valence-corrected chi connectivity index (χ0v) is 19.7. The summed E-state index contributed by atoms with van der Waals surface area (Å²) in [6.07, 6.45) is 3.71. The average Bonchev–Trinajstić information content (AvgIpc) is 3.25. The van der Waals surface area contributed by atoms with Crippen LogP contribution in [0.1, 0.15) is 39.2 Å². The Kier molecular flexibility index (Phi) is 7.38. The van der Waals surface area contributed by atoms with E-state index in [9.17, 15) is 23.1 Å². The smallest absolute Gasteiger partial charge is 0.329 e. The van der Waals surface area contributed by atoms with Crippen LogP contribution in [0.15, 0.2) is 53.7 Å². The second-order valence-electron chi connectivity index (χ2n) is 8.93. The predicted octanol–water partition coefficient (Wildman–Crippen LogP) is 2.01. The van der Waals surface area contributed by atoms with Crippen LogP contribution >= 0.6 is 0 Å². The topological polar surface area (TPSA) is 126 Å². The Hall–Kier alpha value is -2.98. The molecular formula is C23H29N3O6S. The number of ether oxygens (including phenoxy) is 1. The van der Waals surface area contributed by atoms with Gasteiger partial charge in [-0.15, -0.1) is 0 Å². The van der Waals surface area contributed by atoms with Gasteiger partial charge in [-0.1, -0.05) is 12.1 Å². The van der Waals surface area contributed by atoms with Crippen LogP contribution in [0, 0.1) is 0 Å². The van der Waals surface area contributed by atoms with Gasteiger partial charge in [0.05, 0.1) is 0 Å². The summed E-state index contributed by atoms with van der Waals surface area (Å²) >= 11 is 0. The number of aromatic hydroxyl groups is 1. The molecule has 2 atom stereocenters. The van der Waals surface area contributed by atoms with Gasteiger partial charge >= 0.3 is 5.97 Å². The van der Waals surface area contributed by atoms with Gasteiger partial charge in [-0.2, -0.15) is 4.31 Å². The van der Waals surface area contributed by atoms with E-state index in [-0.39, 0.29) is 23.6 Å². The van der Waals surface area contributed by atoms with Crippen molar-refractivity contribution >= 4 is 21.9 Å². The highest BCUT2D eigenvalue weighted by Crippen LogP contribution is 2.26. The van der Waals surface area contributed by atoms with Crippen molar-refractivity contribution in [3.63, 3.8) is 0 Å². The number of aromatic nitrogens is 1. The number of hydrogen-bond donors (Lipinski definition) is 2. The van der Waals surface area contributed by atoms with Crippen molar-refractivity contribution in [3.05, 3.63) is 54.4 Å². The lowest BCUT2D eigenvalue weighted by molar-refractivity contribution is -0.158. The molecule has 1 aliphatic heterocycles. The van der Waals surface area contributed by atoms with Crippen LogP contribution in [-0.2, 0) is 30.8 Å². The van der Waals surface area contributed by atoms with Crippen molar-refractivity contribution in [2.75, 3.05) is 6.54 Å². The van der Waals surface area contributed by atoms with E-state index >= 15 is 0 Å². The molecule has 10 heteroatoms. The van der Waals surface area contributed by atoms with E-state index in [1.165, 1.54) is 36.7 Å². The van der Waals surface area contributed by atoms with Crippen molar-refractivity contribution in [2.45, 2.75) is 62.6 Å². The second-order valence-corrected chi connectivity index (χ2v) is 10.8. The number of pyridine rings is 1. The summed E-state index contributed by atoms with van der Waals surface area (Å²) in [6.45, 7) is 5.38. The van der Waals surface area contributed by atoms with E-state index in [2.05, 4.69) is 10.3 Å². The quantitative estimate of drug-likeness (QED) is 0.587. The fourth-order valence-corrected chi connectivity index (χ4v) is 5.25. The number of sulfonamides is 1. The van der Waals surface area contributed by atoms with Gasteiger partial charge in [0.1, 0.15) is 28.3 Å². The van der Waals surface area contributed by atoms with Gasteiger partial charge in [-0.25, -0.2) is 13.2 Å². The molecule has 3 rings (SSSR count). The molecule has 1 amide bonds. The fraction of sp³-hybridized carbons (Fsp3) is 0.435. The summed E-state index contributed by atoms with van der Waals surface area (Å²) < 4.78 is 32.8. The van der Waals surface area contributed by atoms with Gasteiger partial charge in [0.2, 0.25) is 15.9 Å².